The van der Waals surface area contributed by atoms with Gasteiger partial charge in [-0.25, -0.2) is 4.98 Å². The second-order valence-corrected chi connectivity index (χ2v) is 5.59. The highest BCUT2D eigenvalue weighted by Gasteiger charge is 2.22. The van der Waals surface area contributed by atoms with Gasteiger partial charge >= 0.3 is 0 Å². The van der Waals surface area contributed by atoms with Gasteiger partial charge < -0.3 is 9.42 Å². The van der Waals surface area contributed by atoms with Gasteiger partial charge in [0.15, 0.2) is 0 Å². The molecule has 1 fully saturated rings. The van der Waals surface area contributed by atoms with Crippen molar-refractivity contribution in [3.8, 4) is 22.8 Å². The van der Waals surface area contributed by atoms with Crippen molar-refractivity contribution in [1.82, 2.24) is 15.1 Å². The molecule has 0 amide bonds. The maximum absolute atomic E-state index is 6.01. The van der Waals surface area contributed by atoms with Crippen LogP contribution in [0.2, 0.25) is 5.02 Å². The zero-order valence-corrected chi connectivity index (χ0v) is 12.5. The molecule has 2 aromatic heterocycles. The fourth-order valence-corrected chi connectivity index (χ4v) is 2.61. The molecule has 0 unspecified atom stereocenters. The van der Waals surface area contributed by atoms with Crippen LogP contribution in [0.1, 0.15) is 6.42 Å². The van der Waals surface area contributed by atoms with Crippen LogP contribution in [0.5, 0.6) is 0 Å². The van der Waals surface area contributed by atoms with Crippen molar-refractivity contribution in [2.75, 3.05) is 18.0 Å². The van der Waals surface area contributed by atoms with E-state index >= 15 is 0 Å². The van der Waals surface area contributed by atoms with Crippen LogP contribution in [-0.4, -0.2) is 28.2 Å². The van der Waals surface area contributed by atoms with Crippen LogP contribution in [0.25, 0.3) is 22.8 Å². The van der Waals surface area contributed by atoms with Crippen molar-refractivity contribution in [1.29, 1.82) is 0 Å². The van der Waals surface area contributed by atoms with Crippen LogP contribution in [0.15, 0.2) is 47.1 Å². The minimum Gasteiger partial charge on any atom is -0.356 e. The molecule has 0 saturated carbocycles. The molecule has 3 heterocycles. The molecule has 3 aromatic rings. The maximum atomic E-state index is 6.01. The van der Waals surface area contributed by atoms with Crippen molar-refractivity contribution < 1.29 is 4.52 Å². The Morgan fingerprint density at radius 2 is 2.05 bits per heavy atom. The first-order valence-corrected chi connectivity index (χ1v) is 7.49. The minimum absolute atomic E-state index is 0.477. The second-order valence-electron chi connectivity index (χ2n) is 5.15. The Labute approximate surface area is 132 Å². The number of halogens is 1. The summed E-state index contributed by atoms with van der Waals surface area (Å²) in [6, 6.07) is 11.2. The highest BCUT2D eigenvalue weighted by Crippen LogP contribution is 2.31. The lowest BCUT2D eigenvalue weighted by Crippen LogP contribution is -2.37. The average Bonchev–Trinajstić information content (AvgIpc) is 2.96. The fraction of sp³-hybridized carbons (Fsp3) is 0.188. The van der Waals surface area contributed by atoms with Crippen LogP contribution in [0.3, 0.4) is 0 Å². The van der Waals surface area contributed by atoms with Crippen molar-refractivity contribution in [2.45, 2.75) is 6.42 Å². The number of hydrogen-bond acceptors (Lipinski definition) is 5. The zero-order chi connectivity index (χ0) is 14.9. The van der Waals surface area contributed by atoms with E-state index in [2.05, 4.69) is 20.0 Å². The highest BCUT2D eigenvalue weighted by atomic mass is 35.5. The first-order valence-electron chi connectivity index (χ1n) is 7.11. The summed E-state index contributed by atoms with van der Waals surface area (Å²) in [6.07, 6.45) is 2.97. The molecule has 22 heavy (non-hydrogen) atoms. The molecule has 1 aliphatic rings. The van der Waals surface area contributed by atoms with Gasteiger partial charge in [-0.05, 0) is 30.7 Å². The Balaban J connectivity index is 1.73. The lowest BCUT2D eigenvalue weighted by atomic mass is 10.1. The molecular weight excluding hydrogens is 300 g/mol. The Morgan fingerprint density at radius 1 is 1.14 bits per heavy atom. The van der Waals surface area contributed by atoms with Crippen molar-refractivity contribution in [2.24, 2.45) is 0 Å². The monoisotopic (exact) mass is 312 g/mol. The first kappa shape index (κ1) is 13.3. The number of aromatic nitrogens is 3. The van der Waals surface area contributed by atoms with E-state index in [0.717, 1.165) is 30.0 Å². The Bertz CT molecular complexity index is 813. The predicted octanol–water partition coefficient (Wildman–Crippen LogP) is 3.66. The molecule has 5 nitrogen and oxygen atoms in total. The number of benzene rings is 1. The zero-order valence-electron chi connectivity index (χ0n) is 11.7. The van der Waals surface area contributed by atoms with Gasteiger partial charge in [-0.15, -0.1) is 0 Å². The molecule has 4 rings (SSSR count). The van der Waals surface area contributed by atoms with Gasteiger partial charge in [-0.1, -0.05) is 28.9 Å². The predicted molar refractivity (Wildman–Crippen MR) is 84.8 cm³/mol. The summed E-state index contributed by atoms with van der Waals surface area (Å²) in [7, 11) is 0. The number of hydrogen-bond donors (Lipinski definition) is 0. The highest BCUT2D eigenvalue weighted by molar-refractivity contribution is 6.30. The van der Waals surface area contributed by atoms with Crippen molar-refractivity contribution in [3.63, 3.8) is 0 Å². The lowest BCUT2D eigenvalue weighted by molar-refractivity contribution is 0.432. The molecule has 0 spiro atoms. The molecule has 0 bridgehead atoms. The topological polar surface area (TPSA) is 55.1 Å². The minimum atomic E-state index is 0.477. The summed E-state index contributed by atoms with van der Waals surface area (Å²) in [5, 5.41) is 4.70. The number of rotatable bonds is 3. The maximum Gasteiger partial charge on any atom is 0.261 e. The SMILES string of the molecule is Clc1cccc(-c2noc(-c3cccnc3N3CCC3)n2)c1. The summed E-state index contributed by atoms with van der Waals surface area (Å²) >= 11 is 6.01. The van der Waals surface area contributed by atoms with E-state index in [9.17, 15) is 0 Å². The third-order valence-electron chi connectivity index (χ3n) is 3.68. The van der Waals surface area contributed by atoms with Gasteiger partial charge in [0.25, 0.3) is 5.89 Å². The number of anilines is 1. The molecule has 0 aliphatic carbocycles. The molecular formula is C16H13ClN4O. The summed E-state index contributed by atoms with van der Waals surface area (Å²) in [4.78, 5) is 11.1. The van der Waals surface area contributed by atoms with E-state index in [-0.39, 0.29) is 0 Å². The molecule has 110 valence electrons. The Kier molecular flexibility index (Phi) is 3.27. The molecule has 1 aliphatic heterocycles. The third kappa shape index (κ3) is 2.33. The Hall–Kier alpha value is -2.40. The number of nitrogens with zero attached hydrogens (tertiary/aromatic N) is 4. The van der Waals surface area contributed by atoms with Crippen molar-refractivity contribution in [3.05, 3.63) is 47.6 Å². The van der Waals surface area contributed by atoms with Crippen LogP contribution < -0.4 is 4.90 Å². The van der Waals surface area contributed by atoms with Crippen molar-refractivity contribution >= 4 is 17.4 Å². The second kappa shape index (κ2) is 5.42. The third-order valence-corrected chi connectivity index (χ3v) is 3.92. The summed E-state index contributed by atoms with van der Waals surface area (Å²) in [5.74, 6) is 1.90. The van der Waals surface area contributed by atoms with E-state index in [1.807, 2.05) is 36.4 Å². The standard InChI is InChI=1S/C16H13ClN4O/c17-12-5-1-4-11(10-12)14-19-16(22-20-14)13-6-2-7-18-15(13)21-8-3-9-21/h1-2,4-7,10H,3,8-9H2. The summed E-state index contributed by atoms with van der Waals surface area (Å²) in [5.41, 5.74) is 1.69. The molecule has 6 heteroatoms. The van der Waals surface area contributed by atoms with Gasteiger partial charge in [0.05, 0.1) is 5.56 Å². The van der Waals surface area contributed by atoms with E-state index in [1.54, 1.807) is 6.20 Å². The fourth-order valence-electron chi connectivity index (χ4n) is 2.42. The Morgan fingerprint density at radius 3 is 2.82 bits per heavy atom. The smallest absolute Gasteiger partial charge is 0.261 e. The lowest BCUT2D eigenvalue weighted by Gasteiger charge is -2.32. The largest absolute Gasteiger partial charge is 0.356 e. The van der Waals surface area contributed by atoms with Crippen LogP contribution >= 0.6 is 11.6 Å². The van der Waals surface area contributed by atoms with E-state index < -0.39 is 0 Å². The molecule has 1 saturated heterocycles. The summed E-state index contributed by atoms with van der Waals surface area (Å²) in [6.45, 7) is 2.03. The van der Waals surface area contributed by atoms with Gasteiger partial charge in [0.2, 0.25) is 5.82 Å². The van der Waals surface area contributed by atoms with E-state index in [0.29, 0.717) is 16.7 Å². The van der Waals surface area contributed by atoms with Gasteiger partial charge in [0, 0.05) is 29.9 Å². The average molecular weight is 313 g/mol. The van der Waals surface area contributed by atoms with Crippen LogP contribution in [0, 0.1) is 0 Å². The van der Waals surface area contributed by atoms with E-state index in [1.165, 1.54) is 6.42 Å². The quantitative estimate of drug-likeness (QED) is 0.738. The molecule has 0 atom stereocenters. The first-order chi connectivity index (χ1) is 10.8. The van der Waals surface area contributed by atoms with Gasteiger partial charge in [-0.3, -0.25) is 0 Å². The van der Waals surface area contributed by atoms with Gasteiger partial charge in [-0.2, -0.15) is 4.98 Å². The molecule has 0 N–H and O–H groups in total. The van der Waals surface area contributed by atoms with Crippen LogP contribution in [-0.2, 0) is 0 Å². The molecule has 0 radical (unpaired) electrons. The normalized spacial score (nSPS) is 14.0. The van der Waals surface area contributed by atoms with E-state index in [4.69, 9.17) is 16.1 Å². The number of pyridine rings is 1. The molecule has 1 aromatic carbocycles. The van der Waals surface area contributed by atoms with Gasteiger partial charge in [0.1, 0.15) is 5.82 Å². The van der Waals surface area contributed by atoms with Crippen LogP contribution in [0.4, 0.5) is 5.82 Å². The summed E-state index contributed by atoms with van der Waals surface area (Å²) < 4.78 is 5.43.